The number of benzene rings is 2. The molecule has 8 rings (SSSR count). The van der Waals surface area contributed by atoms with E-state index < -0.39 is 68.0 Å². The lowest BCUT2D eigenvalue weighted by Gasteiger charge is -2.42. The Morgan fingerprint density at radius 2 is 1.73 bits per heavy atom. The molecule has 366 valence electrons. The second-order valence-corrected chi connectivity index (χ2v) is 22.4. The number of likely N-dealkylation sites (tertiary alicyclic amines) is 1. The van der Waals surface area contributed by atoms with Crippen molar-refractivity contribution < 1.29 is 59.3 Å². The minimum atomic E-state index is -5.10. The summed E-state index contributed by atoms with van der Waals surface area (Å²) >= 11 is 1.01. The number of carbonyl (C=O) groups excluding carboxylic acids is 4. The largest absolute Gasteiger partial charge is 0.465 e. The van der Waals surface area contributed by atoms with E-state index >= 15 is 4.39 Å². The fourth-order valence-electron chi connectivity index (χ4n) is 10.7. The zero-order valence-electron chi connectivity index (χ0n) is 37.7. The first kappa shape index (κ1) is 49.4. The molecule has 2 aliphatic carbocycles. The lowest BCUT2D eigenvalue weighted by molar-refractivity contribution is -0.154. The van der Waals surface area contributed by atoms with Crippen molar-refractivity contribution in [3.05, 3.63) is 70.6 Å². The molecule has 9 atom stereocenters. The van der Waals surface area contributed by atoms with Gasteiger partial charge in [0.05, 0.1) is 11.5 Å². The Morgan fingerprint density at radius 3 is 2.40 bits per heavy atom. The van der Waals surface area contributed by atoms with Gasteiger partial charge in [-0.15, -0.1) is 11.3 Å². The molecule has 20 heteroatoms. The number of alkyl halides is 6. The second kappa shape index (κ2) is 19.4. The number of fused-ring (bicyclic) bond motifs is 2. The van der Waals surface area contributed by atoms with E-state index in [-0.39, 0.29) is 77.2 Å². The lowest BCUT2D eigenvalue weighted by atomic mass is 9.92. The van der Waals surface area contributed by atoms with Crippen molar-refractivity contribution in [3.8, 4) is 0 Å². The van der Waals surface area contributed by atoms with Crippen LogP contribution in [0, 0.1) is 0 Å². The van der Waals surface area contributed by atoms with E-state index in [9.17, 15) is 45.7 Å². The van der Waals surface area contributed by atoms with Crippen LogP contribution in [0.25, 0.3) is 10.1 Å². The van der Waals surface area contributed by atoms with Gasteiger partial charge in [-0.05, 0) is 113 Å². The third-order valence-electron chi connectivity index (χ3n) is 14.4. The van der Waals surface area contributed by atoms with Gasteiger partial charge in [-0.25, -0.2) is 18.3 Å². The fraction of sp³-hybridized carbons (Fsp3) is 0.617. The number of esters is 1. The number of nitrogens with one attached hydrogen (secondary N) is 2. The third-order valence-corrected chi connectivity index (χ3v) is 17.7. The summed E-state index contributed by atoms with van der Waals surface area (Å²) in [6, 6.07) is 11.0. The molecule has 0 radical (unpaired) electrons. The van der Waals surface area contributed by atoms with Crippen LogP contribution in [0.2, 0.25) is 0 Å². The summed E-state index contributed by atoms with van der Waals surface area (Å²) in [6.07, 6.45) is -0.0622. The van der Waals surface area contributed by atoms with Gasteiger partial charge in [-0.3, -0.25) is 23.7 Å². The van der Waals surface area contributed by atoms with Gasteiger partial charge in [0, 0.05) is 53.7 Å². The molecule has 2 aromatic carbocycles. The smallest absolute Gasteiger partial charge is 0.412 e. The molecule has 2 saturated carbocycles. The second-order valence-electron chi connectivity index (χ2n) is 19.1. The molecule has 5 fully saturated rings. The highest BCUT2D eigenvalue weighted by Gasteiger charge is 2.59. The SMILES string of the molecule is CCCOC(=O)[C@H](C)NP(=O)(OCC(F)(F)F)[C@@H](F)c1ccc2sc(C(=O)N[C@H]3CC[C@H](N(C)[C@H]4CCC(F)(F)C4)C[C@H]4CC[C@@H](C(=O)N5C[C@H](c6ccccc6)CC56CC6)N4C3=O)cc2c1. The summed E-state index contributed by atoms with van der Waals surface area (Å²) in [5, 5.41) is 5.31. The van der Waals surface area contributed by atoms with Gasteiger partial charge >= 0.3 is 19.7 Å². The van der Waals surface area contributed by atoms with E-state index in [0.717, 1.165) is 43.1 Å². The number of halogens is 6. The average molecular weight is 982 g/mol. The van der Waals surface area contributed by atoms with Gasteiger partial charge in [-0.1, -0.05) is 43.3 Å². The lowest BCUT2D eigenvalue weighted by Crippen LogP contribution is -2.59. The molecule has 1 unspecified atom stereocenters. The number of hydrogen-bond donors (Lipinski definition) is 2. The molecule has 3 saturated heterocycles. The van der Waals surface area contributed by atoms with Crippen LogP contribution >= 0.6 is 18.9 Å². The number of rotatable bonds is 15. The molecular weight excluding hydrogens is 924 g/mol. The monoisotopic (exact) mass is 981 g/mol. The average Bonchev–Trinajstić information content (AvgIpc) is 3.61. The molecule has 12 nitrogen and oxygen atoms in total. The number of nitrogens with zero attached hydrogens (tertiary/aromatic N) is 3. The number of ether oxygens (including phenoxy) is 1. The van der Waals surface area contributed by atoms with Gasteiger partial charge < -0.3 is 29.3 Å². The van der Waals surface area contributed by atoms with Crippen LogP contribution in [0.15, 0.2) is 54.6 Å². The van der Waals surface area contributed by atoms with Gasteiger partial charge in [0.1, 0.15) is 18.1 Å². The minimum absolute atomic E-state index is 0.0203. The normalized spacial score (nSPS) is 27.6. The number of amides is 3. The predicted octanol–water partition coefficient (Wildman–Crippen LogP) is 9.25. The molecule has 4 heterocycles. The Bertz CT molecular complexity index is 2370. The predicted molar refractivity (Wildman–Crippen MR) is 240 cm³/mol. The van der Waals surface area contributed by atoms with E-state index in [1.807, 2.05) is 35.0 Å². The van der Waals surface area contributed by atoms with Crippen LogP contribution in [0.4, 0.5) is 26.3 Å². The molecule has 5 aliphatic rings. The summed E-state index contributed by atoms with van der Waals surface area (Å²) in [5.74, 6) is -7.40. The Labute approximate surface area is 390 Å². The maximum atomic E-state index is 16.3. The highest BCUT2D eigenvalue weighted by molar-refractivity contribution is 7.57. The van der Waals surface area contributed by atoms with E-state index in [0.29, 0.717) is 49.8 Å². The Morgan fingerprint density at radius 1 is 0.985 bits per heavy atom. The van der Waals surface area contributed by atoms with Crippen molar-refractivity contribution >= 4 is 52.6 Å². The number of thiophene rings is 1. The molecule has 3 aliphatic heterocycles. The first-order chi connectivity index (χ1) is 31.7. The van der Waals surface area contributed by atoms with E-state index in [1.165, 1.54) is 24.3 Å². The molecule has 3 amide bonds. The Kier molecular flexibility index (Phi) is 14.3. The molecule has 0 bridgehead atoms. The van der Waals surface area contributed by atoms with E-state index in [2.05, 4.69) is 27.1 Å². The summed E-state index contributed by atoms with van der Waals surface area (Å²) < 4.78 is 109. The van der Waals surface area contributed by atoms with E-state index in [4.69, 9.17) is 4.74 Å². The molecule has 2 N–H and O–H groups in total. The molecule has 3 aromatic rings. The summed E-state index contributed by atoms with van der Waals surface area (Å²) in [6.45, 7) is 1.33. The van der Waals surface area contributed by atoms with Crippen LogP contribution in [-0.4, -0.2) is 119 Å². The summed E-state index contributed by atoms with van der Waals surface area (Å²) in [7, 11) is -3.26. The minimum Gasteiger partial charge on any atom is -0.465 e. The van der Waals surface area contributed by atoms with Crippen LogP contribution < -0.4 is 10.4 Å². The molecule has 67 heavy (non-hydrogen) atoms. The zero-order valence-corrected chi connectivity index (χ0v) is 39.5. The van der Waals surface area contributed by atoms with Crippen LogP contribution in [-0.2, 0) is 28.2 Å². The first-order valence-electron chi connectivity index (χ1n) is 23.2. The van der Waals surface area contributed by atoms with Crippen LogP contribution in [0.3, 0.4) is 0 Å². The van der Waals surface area contributed by atoms with Gasteiger partial charge in [0.25, 0.3) is 5.91 Å². The van der Waals surface area contributed by atoms with Crippen molar-refractivity contribution in [2.45, 2.75) is 157 Å². The number of hydrogen-bond acceptors (Lipinski definition) is 9. The summed E-state index contributed by atoms with van der Waals surface area (Å²) in [5.41, 5.74) is 0.553. The van der Waals surface area contributed by atoms with Crippen LogP contribution in [0.5, 0.6) is 0 Å². The molecule has 1 aromatic heterocycles. The fourth-order valence-corrected chi connectivity index (χ4v) is 13.5. The number of carbonyl (C=O) groups is 4. The van der Waals surface area contributed by atoms with Crippen molar-refractivity contribution in [2.75, 3.05) is 26.8 Å². The third kappa shape index (κ3) is 10.8. The Balaban J connectivity index is 1.03. The zero-order chi connectivity index (χ0) is 48.1. The molecular formula is C47H58F6N5O7PS. The molecule has 1 spiro atoms. The van der Waals surface area contributed by atoms with Gasteiger partial charge in [0.15, 0.2) is 6.61 Å². The highest BCUT2D eigenvalue weighted by atomic mass is 32.1. The van der Waals surface area contributed by atoms with Crippen molar-refractivity contribution in [2.24, 2.45) is 0 Å². The van der Waals surface area contributed by atoms with Crippen molar-refractivity contribution in [3.63, 3.8) is 0 Å². The van der Waals surface area contributed by atoms with Gasteiger partial charge in [-0.2, -0.15) is 13.2 Å². The van der Waals surface area contributed by atoms with Crippen molar-refractivity contribution in [1.82, 2.24) is 25.1 Å². The highest BCUT2D eigenvalue weighted by Crippen LogP contribution is 2.59. The van der Waals surface area contributed by atoms with E-state index in [1.54, 1.807) is 11.8 Å². The first-order valence-corrected chi connectivity index (χ1v) is 25.7. The van der Waals surface area contributed by atoms with Crippen LogP contribution in [0.1, 0.15) is 124 Å². The summed E-state index contributed by atoms with van der Waals surface area (Å²) in [4.78, 5) is 62.0. The maximum absolute atomic E-state index is 16.3. The topological polar surface area (TPSA) is 138 Å². The maximum Gasteiger partial charge on any atom is 0.412 e. The Hall–Kier alpha value is -4.03. The van der Waals surface area contributed by atoms with Gasteiger partial charge in [0.2, 0.25) is 23.6 Å². The standard InChI is InChI=1S/C47H58F6N5O7PS/c1-4-20-64-44(62)28(2)55-66(63,65-27-47(51,52)53)40(48)30-10-15-38-31(21-30)22-39(67-38)41(59)54-36-13-11-33(56(3)35-16-17-46(49,50)25-35)23-34-12-14-37(58(34)42(36)60)43(61)57-26-32(24-45(57)18-19-45)29-8-6-5-7-9-29/h5-10,15,21-22,28,32-37,40H,4,11-14,16-20,23-27H2,1-3H3,(H,54,59)(H,55,63)/t28-,32+,33-,34+,35-,36-,37-,40+,66?/m0/s1. The quantitative estimate of drug-likeness (QED) is 0.0868. The van der Waals surface area contributed by atoms with Crippen molar-refractivity contribution in [1.29, 1.82) is 0 Å².